The molecule has 1 heterocycles. The molecule has 0 aliphatic rings. The molecule has 0 radical (unpaired) electrons. The lowest BCUT2D eigenvalue weighted by atomic mass is 10.2. The van der Waals surface area contributed by atoms with Crippen LogP contribution in [0.25, 0.3) is 10.1 Å². The lowest BCUT2D eigenvalue weighted by Gasteiger charge is -2.01. The molecule has 0 unspecified atom stereocenters. The van der Waals surface area contributed by atoms with Crippen molar-refractivity contribution in [2.75, 3.05) is 0 Å². The Bertz CT molecular complexity index is 562. The molecular formula is C14H14O2S. The number of rotatable bonds is 3. The number of thiophene rings is 1. The molecule has 0 atom stereocenters. The topological polar surface area (TPSA) is 26.3 Å². The Morgan fingerprint density at radius 2 is 2.12 bits per heavy atom. The molecule has 0 N–H and O–H groups in total. The van der Waals surface area contributed by atoms with Crippen molar-refractivity contribution in [3.63, 3.8) is 0 Å². The van der Waals surface area contributed by atoms with Gasteiger partial charge in [-0.1, -0.05) is 23.8 Å². The van der Waals surface area contributed by atoms with Crippen molar-refractivity contribution < 1.29 is 9.53 Å². The van der Waals surface area contributed by atoms with Crippen LogP contribution in [0.4, 0.5) is 0 Å². The summed E-state index contributed by atoms with van der Waals surface area (Å²) in [5.41, 5.74) is 2.02. The van der Waals surface area contributed by atoms with E-state index in [0.717, 1.165) is 11.1 Å². The SMILES string of the molecule is CC(C)=CC(=O)OCc1csc2ccccc12. The average molecular weight is 246 g/mol. The zero-order valence-corrected chi connectivity index (χ0v) is 10.7. The van der Waals surface area contributed by atoms with Crippen LogP contribution in [0.1, 0.15) is 19.4 Å². The summed E-state index contributed by atoms with van der Waals surface area (Å²) >= 11 is 1.67. The van der Waals surface area contributed by atoms with Gasteiger partial charge in [-0.15, -0.1) is 11.3 Å². The highest BCUT2D eigenvalue weighted by atomic mass is 32.1. The summed E-state index contributed by atoms with van der Waals surface area (Å²) in [4.78, 5) is 11.4. The number of hydrogen-bond acceptors (Lipinski definition) is 3. The van der Waals surface area contributed by atoms with Crippen LogP contribution in [0.3, 0.4) is 0 Å². The minimum absolute atomic E-state index is 0.278. The first-order chi connectivity index (χ1) is 8.16. The number of fused-ring (bicyclic) bond motifs is 1. The van der Waals surface area contributed by atoms with Crippen molar-refractivity contribution in [3.8, 4) is 0 Å². The Labute approximate surface area is 105 Å². The zero-order chi connectivity index (χ0) is 12.3. The fraction of sp³-hybridized carbons (Fsp3) is 0.214. The third-order valence-corrected chi connectivity index (χ3v) is 3.35. The predicted molar refractivity (Wildman–Crippen MR) is 71.1 cm³/mol. The fourth-order valence-electron chi connectivity index (χ4n) is 1.57. The van der Waals surface area contributed by atoms with Gasteiger partial charge >= 0.3 is 5.97 Å². The summed E-state index contributed by atoms with van der Waals surface area (Å²) in [6, 6.07) is 8.13. The van der Waals surface area contributed by atoms with Crippen LogP contribution < -0.4 is 0 Å². The van der Waals surface area contributed by atoms with Crippen molar-refractivity contribution >= 4 is 27.4 Å². The minimum Gasteiger partial charge on any atom is -0.458 e. The van der Waals surface area contributed by atoms with Gasteiger partial charge in [0.2, 0.25) is 0 Å². The Morgan fingerprint density at radius 1 is 1.35 bits per heavy atom. The van der Waals surface area contributed by atoms with Crippen LogP contribution in [-0.2, 0) is 16.1 Å². The number of carbonyl (C=O) groups is 1. The standard InChI is InChI=1S/C14H14O2S/c1-10(2)7-14(15)16-8-11-9-17-13-6-4-3-5-12(11)13/h3-7,9H,8H2,1-2H3. The average Bonchev–Trinajstić information content (AvgIpc) is 2.69. The highest BCUT2D eigenvalue weighted by Crippen LogP contribution is 2.26. The van der Waals surface area contributed by atoms with E-state index in [-0.39, 0.29) is 5.97 Å². The maximum atomic E-state index is 11.4. The molecule has 2 nitrogen and oxygen atoms in total. The van der Waals surface area contributed by atoms with Gasteiger partial charge in [0, 0.05) is 16.3 Å². The van der Waals surface area contributed by atoms with E-state index in [2.05, 4.69) is 12.1 Å². The van der Waals surface area contributed by atoms with Gasteiger partial charge in [-0.2, -0.15) is 0 Å². The Hall–Kier alpha value is -1.61. The van der Waals surface area contributed by atoms with E-state index in [1.54, 1.807) is 11.3 Å². The quantitative estimate of drug-likeness (QED) is 0.606. The molecule has 3 heteroatoms. The fourth-order valence-corrected chi connectivity index (χ4v) is 2.52. The minimum atomic E-state index is -0.278. The highest BCUT2D eigenvalue weighted by Gasteiger charge is 2.05. The Balaban J connectivity index is 2.09. The van der Waals surface area contributed by atoms with E-state index >= 15 is 0 Å². The van der Waals surface area contributed by atoms with Crippen molar-refractivity contribution in [1.29, 1.82) is 0 Å². The molecule has 2 aromatic rings. The van der Waals surface area contributed by atoms with Gasteiger partial charge in [-0.3, -0.25) is 0 Å². The van der Waals surface area contributed by atoms with Crippen LogP contribution in [0.5, 0.6) is 0 Å². The molecule has 0 saturated carbocycles. The number of esters is 1. The van der Waals surface area contributed by atoms with Crippen LogP contribution in [0.2, 0.25) is 0 Å². The largest absolute Gasteiger partial charge is 0.458 e. The van der Waals surface area contributed by atoms with Crippen molar-refractivity contribution in [1.82, 2.24) is 0 Å². The van der Waals surface area contributed by atoms with E-state index in [1.165, 1.54) is 16.2 Å². The third-order valence-electron chi connectivity index (χ3n) is 2.34. The first kappa shape index (κ1) is 11.9. The number of hydrogen-bond donors (Lipinski definition) is 0. The number of allylic oxidation sites excluding steroid dienone is 1. The predicted octanol–water partition coefficient (Wildman–Crippen LogP) is 3.91. The lowest BCUT2D eigenvalue weighted by molar-refractivity contribution is -0.139. The summed E-state index contributed by atoms with van der Waals surface area (Å²) in [5.74, 6) is -0.278. The Kier molecular flexibility index (Phi) is 3.59. The second-order valence-corrected chi connectivity index (χ2v) is 5.00. The van der Waals surface area contributed by atoms with Crippen molar-refractivity contribution in [2.45, 2.75) is 20.5 Å². The molecular weight excluding hydrogens is 232 g/mol. The molecule has 0 amide bonds. The van der Waals surface area contributed by atoms with Crippen LogP contribution >= 0.6 is 11.3 Å². The summed E-state index contributed by atoms with van der Waals surface area (Å²) in [5, 5.41) is 3.21. The molecule has 1 aromatic carbocycles. The lowest BCUT2D eigenvalue weighted by Crippen LogP contribution is -2.00. The maximum absolute atomic E-state index is 11.4. The molecule has 0 aliphatic heterocycles. The van der Waals surface area contributed by atoms with E-state index in [4.69, 9.17) is 4.74 Å². The van der Waals surface area contributed by atoms with Crippen LogP contribution in [0.15, 0.2) is 41.3 Å². The summed E-state index contributed by atoms with van der Waals surface area (Å²) in [7, 11) is 0. The van der Waals surface area contributed by atoms with E-state index in [9.17, 15) is 4.79 Å². The summed E-state index contributed by atoms with van der Waals surface area (Å²) in [6.45, 7) is 4.09. The number of carbonyl (C=O) groups excluding carboxylic acids is 1. The molecule has 0 bridgehead atoms. The first-order valence-electron chi connectivity index (χ1n) is 5.43. The van der Waals surface area contributed by atoms with Crippen LogP contribution in [-0.4, -0.2) is 5.97 Å². The number of benzene rings is 1. The molecule has 0 aliphatic carbocycles. The normalized spacial score (nSPS) is 10.2. The molecule has 0 fully saturated rings. The first-order valence-corrected chi connectivity index (χ1v) is 6.31. The van der Waals surface area contributed by atoms with E-state index < -0.39 is 0 Å². The van der Waals surface area contributed by atoms with Gasteiger partial charge in [0.15, 0.2) is 0 Å². The van der Waals surface area contributed by atoms with Gasteiger partial charge in [-0.05, 0) is 30.7 Å². The van der Waals surface area contributed by atoms with Gasteiger partial charge in [0.25, 0.3) is 0 Å². The summed E-state index contributed by atoms with van der Waals surface area (Å²) < 4.78 is 6.42. The monoisotopic (exact) mass is 246 g/mol. The van der Waals surface area contributed by atoms with Gasteiger partial charge in [0.05, 0.1) is 0 Å². The molecule has 2 rings (SSSR count). The Morgan fingerprint density at radius 3 is 2.88 bits per heavy atom. The molecule has 0 spiro atoms. The van der Waals surface area contributed by atoms with Crippen molar-refractivity contribution in [2.24, 2.45) is 0 Å². The van der Waals surface area contributed by atoms with Crippen LogP contribution in [0, 0.1) is 0 Å². The zero-order valence-electron chi connectivity index (χ0n) is 9.90. The second kappa shape index (κ2) is 5.15. The smallest absolute Gasteiger partial charge is 0.331 e. The molecule has 17 heavy (non-hydrogen) atoms. The summed E-state index contributed by atoms with van der Waals surface area (Å²) in [6.07, 6.45) is 1.51. The highest BCUT2D eigenvalue weighted by molar-refractivity contribution is 7.17. The van der Waals surface area contributed by atoms with Gasteiger partial charge < -0.3 is 4.74 Å². The third kappa shape index (κ3) is 2.94. The van der Waals surface area contributed by atoms with E-state index in [0.29, 0.717) is 6.61 Å². The molecule has 0 saturated heterocycles. The second-order valence-electron chi connectivity index (χ2n) is 4.09. The van der Waals surface area contributed by atoms with Gasteiger partial charge in [-0.25, -0.2) is 4.79 Å². The maximum Gasteiger partial charge on any atom is 0.331 e. The van der Waals surface area contributed by atoms with E-state index in [1.807, 2.05) is 31.4 Å². The molecule has 88 valence electrons. The number of ether oxygens (including phenoxy) is 1. The van der Waals surface area contributed by atoms with Gasteiger partial charge in [0.1, 0.15) is 6.61 Å². The van der Waals surface area contributed by atoms with Crippen molar-refractivity contribution in [3.05, 3.63) is 46.9 Å². The molecule has 1 aromatic heterocycles.